The predicted octanol–water partition coefficient (Wildman–Crippen LogP) is 7.29. The molecule has 0 aliphatic heterocycles. The van der Waals surface area contributed by atoms with Crippen molar-refractivity contribution in [3.8, 4) is 5.75 Å². The number of benzene rings is 3. The molecule has 1 aromatic heterocycles. The quantitative estimate of drug-likeness (QED) is 0.269. The molecule has 0 aliphatic rings. The van der Waals surface area contributed by atoms with Crippen molar-refractivity contribution in [2.45, 2.75) is 26.5 Å². The standard InChI is InChI=1S/C26H22Cl3N3O2/c1-2-17-9-11-20(12-10-17)34-16-18-5-3-6-19(13-18)26(33)30-25-24(29)15-32(31-25)14-21-22(27)7-4-8-23(21)28/h3-13,15H,2,14,16H2,1H3,(H,30,31,33). The van der Waals surface area contributed by atoms with Crippen LogP contribution in [0.1, 0.15) is 34.0 Å². The van der Waals surface area contributed by atoms with Crippen molar-refractivity contribution in [2.75, 3.05) is 5.32 Å². The third-order valence-corrected chi connectivity index (χ3v) is 6.24. The van der Waals surface area contributed by atoms with E-state index in [1.165, 1.54) is 5.56 Å². The Morgan fingerprint density at radius 1 is 0.941 bits per heavy atom. The minimum Gasteiger partial charge on any atom is -0.489 e. The minimum atomic E-state index is -0.322. The van der Waals surface area contributed by atoms with E-state index in [-0.39, 0.29) is 11.7 Å². The highest BCUT2D eigenvalue weighted by molar-refractivity contribution is 6.36. The summed E-state index contributed by atoms with van der Waals surface area (Å²) in [5, 5.41) is 8.52. The zero-order valence-corrected chi connectivity index (χ0v) is 20.7. The maximum Gasteiger partial charge on any atom is 0.256 e. The first-order valence-electron chi connectivity index (χ1n) is 10.7. The lowest BCUT2D eigenvalue weighted by Gasteiger charge is -2.09. The molecule has 3 aromatic carbocycles. The first-order valence-corrected chi connectivity index (χ1v) is 11.8. The van der Waals surface area contributed by atoms with E-state index in [1.54, 1.807) is 41.2 Å². The second-order valence-electron chi connectivity index (χ2n) is 7.66. The van der Waals surface area contributed by atoms with E-state index >= 15 is 0 Å². The fourth-order valence-electron chi connectivity index (χ4n) is 3.38. The van der Waals surface area contributed by atoms with Gasteiger partial charge in [-0.1, -0.05) is 72.1 Å². The molecule has 0 atom stereocenters. The van der Waals surface area contributed by atoms with Crippen LogP contribution in [0.25, 0.3) is 0 Å². The predicted molar refractivity (Wildman–Crippen MR) is 137 cm³/mol. The van der Waals surface area contributed by atoms with Crippen molar-refractivity contribution in [3.05, 3.63) is 110 Å². The molecule has 5 nitrogen and oxygen atoms in total. The zero-order valence-electron chi connectivity index (χ0n) is 18.4. The Morgan fingerprint density at radius 2 is 1.65 bits per heavy atom. The molecule has 0 bridgehead atoms. The van der Waals surface area contributed by atoms with Crippen molar-refractivity contribution in [3.63, 3.8) is 0 Å². The van der Waals surface area contributed by atoms with Crippen LogP contribution >= 0.6 is 34.8 Å². The smallest absolute Gasteiger partial charge is 0.256 e. The number of nitrogens with zero attached hydrogens (tertiary/aromatic N) is 2. The summed E-state index contributed by atoms with van der Waals surface area (Å²) in [4.78, 5) is 12.8. The second kappa shape index (κ2) is 11.0. The van der Waals surface area contributed by atoms with E-state index in [0.717, 1.165) is 23.3 Å². The van der Waals surface area contributed by atoms with Gasteiger partial charge >= 0.3 is 0 Å². The normalized spacial score (nSPS) is 10.8. The first kappa shape index (κ1) is 24.1. The van der Waals surface area contributed by atoms with E-state index in [4.69, 9.17) is 39.5 Å². The van der Waals surface area contributed by atoms with Crippen molar-refractivity contribution >= 4 is 46.5 Å². The molecule has 174 valence electrons. The Labute approximate surface area is 213 Å². The number of hydrogen-bond donors (Lipinski definition) is 1. The zero-order chi connectivity index (χ0) is 24.1. The van der Waals surface area contributed by atoms with Crippen LogP contribution in [0, 0.1) is 0 Å². The number of halogens is 3. The van der Waals surface area contributed by atoms with E-state index < -0.39 is 0 Å². The lowest BCUT2D eigenvalue weighted by Crippen LogP contribution is -2.13. The Kier molecular flexibility index (Phi) is 7.78. The van der Waals surface area contributed by atoms with Gasteiger partial charge in [0.1, 0.15) is 17.4 Å². The number of ether oxygens (including phenoxy) is 1. The number of anilines is 1. The number of aromatic nitrogens is 2. The number of hydrogen-bond acceptors (Lipinski definition) is 3. The third kappa shape index (κ3) is 5.92. The summed E-state index contributed by atoms with van der Waals surface area (Å²) in [5.74, 6) is 0.715. The summed E-state index contributed by atoms with van der Waals surface area (Å²) in [5.41, 5.74) is 3.32. The molecule has 34 heavy (non-hydrogen) atoms. The Hall–Kier alpha value is -2.99. The average Bonchev–Trinajstić information content (AvgIpc) is 3.19. The Balaban J connectivity index is 1.41. The van der Waals surface area contributed by atoms with Gasteiger partial charge in [-0.25, -0.2) is 0 Å². The van der Waals surface area contributed by atoms with Crippen molar-refractivity contribution in [1.82, 2.24) is 9.78 Å². The Bertz CT molecular complexity index is 1280. The molecule has 0 saturated carbocycles. The van der Waals surface area contributed by atoms with E-state index in [9.17, 15) is 4.79 Å². The molecule has 1 heterocycles. The summed E-state index contributed by atoms with van der Waals surface area (Å²) < 4.78 is 7.44. The molecule has 0 saturated heterocycles. The van der Waals surface area contributed by atoms with Gasteiger partial charge in [0.05, 0.1) is 6.54 Å². The lowest BCUT2D eigenvalue weighted by atomic mass is 10.1. The van der Waals surface area contributed by atoms with Gasteiger partial charge < -0.3 is 10.1 Å². The number of carbonyl (C=O) groups excluding carboxylic acids is 1. The lowest BCUT2D eigenvalue weighted by molar-refractivity contribution is 0.102. The minimum absolute atomic E-state index is 0.257. The molecule has 0 spiro atoms. The second-order valence-corrected chi connectivity index (χ2v) is 8.89. The number of amides is 1. The summed E-state index contributed by atoms with van der Waals surface area (Å²) in [7, 11) is 0. The Morgan fingerprint density at radius 3 is 2.35 bits per heavy atom. The van der Waals surface area contributed by atoms with Crippen LogP contribution in [0.3, 0.4) is 0 Å². The highest BCUT2D eigenvalue weighted by Gasteiger charge is 2.15. The van der Waals surface area contributed by atoms with Crippen LogP contribution in [0.5, 0.6) is 5.75 Å². The largest absolute Gasteiger partial charge is 0.489 e. The number of rotatable bonds is 8. The van der Waals surface area contributed by atoms with Gasteiger partial charge in [-0.05, 0) is 53.9 Å². The van der Waals surface area contributed by atoms with Crippen LogP contribution in [0.2, 0.25) is 15.1 Å². The van der Waals surface area contributed by atoms with Crippen LogP contribution in [-0.4, -0.2) is 15.7 Å². The van der Waals surface area contributed by atoms with Gasteiger partial charge in [-0.15, -0.1) is 0 Å². The molecule has 1 amide bonds. The van der Waals surface area contributed by atoms with Crippen LogP contribution in [0.15, 0.2) is 72.9 Å². The topological polar surface area (TPSA) is 56.1 Å². The van der Waals surface area contributed by atoms with Gasteiger partial charge in [0.25, 0.3) is 5.91 Å². The fraction of sp³-hybridized carbons (Fsp3) is 0.154. The van der Waals surface area contributed by atoms with Gasteiger partial charge in [0, 0.05) is 27.4 Å². The summed E-state index contributed by atoms with van der Waals surface area (Å²) in [6.45, 7) is 2.78. The maximum absolute atomic E-state index is 12.8. The SMILES string of the molecule is CCc1ccc(OCc2cccc(C(=O)Nc3nn(Cc4c(Cl)cccc4Cl)cc3Cl)c2)cc1. The van der Waals surface area contributed by atoms with Crippen molar-refractivity contribution < 1.29 is 9.53 Å². The first-order chi connectivity index (χ1) is 16.4. The van der Waals surface area contributed by atoms with Gasteiger partial charge in [0.2, 0.25) is 0 Å². The highest BCUT2D eigenvalue weighted by Crippen LogP contribution is 2.27. The molecular weight excluding hydrogens is 493 g/mol. The molecular formula is C26H22Cl3N3O2. The van der Waals surface area contributed by atoms with Gasteiger partial charge in [0.15, 0.2) is 5.82 Å². The van der Waals surface area contributed by atoms with E-state index in [0.29, 0.717) is 33.8 Å². The number of carbonyl (C=O) groups is 1. The van der Waals surface area contributed by atoms with E-state index in [2.05, 4.69) is 17.3 Å². The van der Waals surface area contributed by atoms with Crippen LogP contribution in [-0.2, 0) is 19.6 Å². The molecule has 4 aromatic rings. The van der Waals surface area contributed by atoms with Crippen molar-refractivity contribution in [2.24, 2.45) is 0 Å². The molecule has 0 aliphatic carbocycles. The molecule has 0 unspecified atom stereocenters. The molecule has 0 fully saturated rings. The monoisotopic (exact) mass is 513 g/mol. The molecule has 0 radical (unpaired) electrons. The molecule has 4 rings (SSSR count). The van der Waals surface area contributed by atoms with Crippen LogP contribution < -0.4 is 10.1 Å². The molecule has 8 heteroatoms. The van der Waals surface area contributed by atoms with Crippen LogP contribution in [0.4, 0.5) is 5.82 Å². The third-order valence-electron chi connectivity index (χ3n) is 5.26. The van der Waals surface area contributed by atoms with Gasteiger partial charge in [-0.3, -0.25) is 9.48 Å². The summed E-state index contributed by atoms with van der Waals surface area (Å²) in [6.07, 6.45) is 2.60. The van der Waals surface area contributed by atoms with Crippen molar-refractivity contribution in [1.29, 1.82) is 0 Å². The average molecular weight is 515 g/mol. The maximum atomic E-state index is 12.8. The molecule has 1 N–H and O–H groups in total. The number of aryl methyl sites for hydroxylation is 1. The van der Waals surface area contributed by atoms with E-state index in [1.807, 2.05) is 36.4 Å². The highest BCUT2D eigenvalue weighted by atomic mass is 35.5. The summed E-state index contributed by atoms with van der Waals surface area (Å²) >= 11 is 18.8. The fourth-order valence-corrected chi connectivity index (χ4v) is 4.09. The number of nitrogens with one attached hydrogen (secondary N) is 1. The van der Waals surface area contributed by atoms with Gasteiger partial charge in [-0.2, -0.15) is 5.10 Å². The summed E-state index contributed by atoms with van der Waals surface area (Å²) in [6, 6.07) is 20.5.